The highest BCUT2D eigenvalue weighted by atomic mass is 16.6. The average Bonchev–Trinajstić information content (AvgIpc) is 2.36. The third-order valence-electron chi connectivity index (χ3n) is 3.82. The number of carbonyl (C=O) groups is 1. The molecular formula is C17H34N2O3. The lowest BCUT2D eigenvalue weighted by Gasteiger charge is -2.31. The van der Waals surface area contributed by atoms with Crippen molar-refractivity contribution in [3.8, 4) is 0 Å². The largest absolute Gasteiger partial charge is 0.444 e. The van der Waals surface area contributed by atoms with Crippen molar-refractivity contribution < 1.29 is 14.6 Å². The number of aliphatic hydroxyl groups excluding tert-OH is 1. The first-order chi connectivity index (χ1) is 10.2. The number of alkyl carbamates (subject to hydrolysis) is 1. The summed E-state index contributed by atoms with van der Waals surface area (Å²) in [5.74, 6) is 0.562. The van der Waals surface area contributed by atoms with E-state index in [1.165, 1.54) is 0 Å². The van der Waals surface area contributed by atoms with Gasteiger partial charge in [-0.1, -0.05) is 13.8 Å². The van der Waals surface area contributed by atoms with Gasteiger partial charge in [0.25, 0.3) is 0 Å². The first-order valence-electron chi connectivity index (χ1n) is 8.56. The molecule has 1 aliphatic rings. The first-order valence-corrected chi connectivity index (χ1v) is 8.56. The number of hydrogen-bond acceptors (Lipinski definition) is 4. The Morgan fingerprint density at radius 3 is 2.32 bits per heavy atom. The van der Waals surface area contributed by atoms with Gasteiger partial charge >= 0.3 is 6.09 Å². The number of ether oxygens (including phenoxy) is 1. The number of carbonyl (C=O) groups excluding carboxylic acids is 1. The number of hydrogen-bond donors (Lipinski definition) is 3. The molecule has 1 atom stereocenters. The van der Waals surface area contributed by atoms with Gasteiger partial charge in [-0.3, -0.25) is 0 Å². The molecule has 1 aliphatic carbocycles. The summed E-state index contributed by atoms with van der Waals surface area (Å²) in [7, 11) is 0. The molecule has 1 rings (SSSR count). The lowest BCUT2D eigenvalue weighted by atomic mass is 9.91. The van der Waals surface area contributed by atoms with Crippen LogP contribution in [0.3, 0.4) is 0 Å². The quantitative estimate of drug-likeness (QED) is 0.705. The maximum atomic E-state index is 11.8. The Morgan fingerprint density at radius 2 is 1.82 bits per heavy atom. The zero-order valence-corrected chi connectivity index (χ0v) is 14.8. The van der Waals surface area contributed by atoms with Crippen LogP contribution in [0.4, 0.5) is 4.79 Å². The Morgan fingerprint density at radius 1 is 1.23 bits per heavy atom. The highest BCUT2D eigenvalue weighted by Crippen LogP contribution is 2.19. The molecule has 1 saturated carbocycles. The van der Waals surface area contributed by atoms with Gasteiger partial charge in [-0.2, -0.15) is 0 Å². The second kappa shape index (κ2) is 8.73. The van der Waals surface area contributed by atoms with Crippen molar-refractivity contribution in [3.63, 3.8) is 0 Å². The minimum atomic E-state index is -0.468. The van der Waals surface area contributed by atoms with Gasteiger partial charge in [0.15, 0.2) is 0 Å². The van der Waals surface area contributed by atoms with Crippen LogP contribution in [-0.2, 0) is 4.74 Å². The molecule has 0 aromatic heterocycles. The van der Waals surface area contributed by atoms with Crippen molar-refractivity contribution >= 4 is 6.09 Å². The molecular weight excluding hydrogens is 280 g/mol. The summed E-state index contributed by atoms with van der Waals surface area (Å²) in [6.45, 7) is 10.5. The van der Waals surface area contributed by atoms with Gasteiger partial charge in [0.05, 0.1) is 6.10 Å². The minimum Gasteiger partial charge on any atom is -0.444 e. The topological polar surface area (TPSA) is 70.6 Å². The zero-order chi connectivity index (χ0) is 16.8. The van der Waals surface area contributed by atoms with E-state index in [1.54, 1.807) is 0 Å². The number of aliphatic hydroxyl groups is 1. The number of rotatable bonds is 6. The molecule has 1 unspecified atom stereocenters. The van der Waals surface area contributed by atoms with Crippen LogP contribution in [0.2, 0.25) is 0 Å². The van der Waals surface area contributed by atoms with E-state index in [0.717, 1.165) is 32.1 Å². The van der Waals surface area contributed by atoms with Crippen LogP contribution < -0.4 is 10.6 Å². The number of nitrogens with one attached hydrogen (secondary N) is 2. The van der Waals surface area contributed by atoms with Crippen LogP contribution in [0.25, 0.3) is 0 Å². The summed E-state index contributed by atoms with van der Waals surface area (Å²) in [5, 5.41) is 16.1. The lowest BCUT2D eigenvalue weighted by Crippen LogP contribution is -2.48. The van der Waals surface area contributed by atoms with Crippen LogP contribution >= 0.6 is 0 Å². The van der Waals surface area contributed by atoms with Gasteiger partial charge in [0.1, 0.15) is 5.60 Å². The maximum absolute atomic E-state index is 11.8. The van der Waals surface area contributed by atoms with Crippen molar-refractivity contribution in [2.45, 2.75) is 90.5 Å². The van der Waals surface area contributed by atoms with E-state index in [1.807, 2.05) is 20.8 Å². The fourth-order valence-electron chi connectivity index (χ4n) is 2.88. The van der Waals surface area contributed by atoms with Crippen molar-refractivity contribution in [2.75, 3.05) is 6.54 Å². The second-order valence-corrected chi connectivity index (χ2v) is 7.88. The third-order valence-corrected chi connectivity index (χ3v) is 3.82. The maximum Gasteiger partial charge on any atom is 0.407 e. The molecule has 0 saturated heterocycles. The van der Waals surface area contributed by atoms with Crippen LogP contribution in [0.15, 0.2) is 0 Å². The molecule has 5 heteroatoms. The van der Waals surface area contributed by atoms with Crippen molar-refractivity contribution in [3.05, 3.63) is 0 Å². The molecule has 22 heavy (non-hydrogen) atoms. The van der Waals surface area contributed by atoms with Gasteiger partial charge in [-0.25, -0.2) is 4.79 Å². The highest BCUT2D eigenvalue weighted by Gasteiger charge is 2.23. The molecule has 1 amide bonds. The molecule has 0 aromatic carbocycles. The van der Waals surface area contributed by atoms with Crippen molar-refractivity contribution in [2.24, 2.45) is 5.92 Å². The van der Waals surface area contributed by atoms with Crippen LogP contribution in [-0.4, -0.2) is 41.5 Å². The molecule has 0 aromatic rings. The van der Waals surface area contributed by atoms with Gasteiger partial charge in [-0.15, -0.1) is 0 Å². The predicted molar refractivity (Wildman–Crippen MR) is 88.9 cm³/mol. The smallest absolute Gasteiger partial charge is 0.407 e. The first kappa shape index (κ1) is 19.2. The molecule has 3 N–H and O–H groups in total. The molecule has 0 spiro atoms. The zero-order valence-electron chi connectivity index (χ0n) is 14.8. The highest BCUT2D eigenvalue weighted by molar-refractivity contribution is 5.67. The summed E-state index contributed by atoms with van der Waals surface area (Å²) in [4.78, 5) is 11.8. The van der Waals surface area contributed by atoms with E-state index in [4.69, 9.17) is 4.74 Å². The summed E-state index contributed by atoms with van der Waals surface area (Å²) < 4.78 is 5.29. The van der Waals surface area contributed by atoms with Crippen LogP contribution in [0.5, 0.6) is 0 Å². The fourth-order valence-corrected chi connectivity index (χ4v) is 2.88. The Labute approximate surface area is 135 Å². The fraction of sp³-hybridized carbons (Fsp3) is 0.941. The molecule has 0 heterocycles. The summed E-state index contributed by atoms with van der Waals surface area (Å²) >= 11 is 0. The van der Waals surface area contributed by atoms with Gasteiger partial charge in [0.2, 0.25) is 0 Å². The lowest BCUT2D eigenvalue weighted by molar-refractivity contribution is 0.0518. The van der Waals surface area contributed by atoms with Gasteiger partial charge in [-0.05, 0) is 58.8 Å². The van der Waals surface area contributed by atoms with E-state index >= 15 is 0 Å². The Balaban J connectivity index is 2.41. The Bertz CT molecular complexity index is 331. The minimum absolute atomic E-state index is 0.138. The van der Waals surface area contributed by atoms with E-state index in [0.29, 0.717) is 18.5 Å². The standard InChI is InChI=1S/C17H34N2O3/c1-12(2)10-14(11-18-16(21)22-17(3,4)5)19-13-6-8-15(20)9-7-13/h12-15,19-20H,6-11H2,1-5H3,(H,18,21). The monoisotopic (exact) mass is 314 g/mol. The average molecular weight is 314 g/mol. The predicted octanol–water partition coefficient (Wildman–Crippen LogP) is 2.82. The third kappa shape index (κ3) is 8.59. The molecule has 1 fully saturated rings. The van der Waals surface area contributed by atoms with Gasteiger partial charge in [0, 0.05) is 18.6 Å². The molecule has 0 aliphatic heterocycles. The Kier molecular flexibility index (Phi) is 7.63. The van der Waals surface area contributed by atoms with Crippen LogP contribution in [0, 0.1) is 5.92 Å². The summed E-state index contributed by atoms with van der Waals surface area (Å²) in [5.41, 5.74) is -0.468. The van der Waals surface area contributed by atoms with E-state index in [-0.39, 0.29) is 18.2 Å². The molecule has 130 valence electrons. The second-order valence-electron chi connectivity index (χ2n) is 7.88. The molecule has 0 bridgehead atoms. The summed E-state index contributed by atoms with van der Waals surface area (Å²) in [6.07, 6.45) is 4.25. The van der Waals surface area contributed by atoms with E-state index in [2.05, 4.69) is 24.5 Å². The van der Waals surface area contributed by atoms with E-state index < -0.39 is 5.60 Å². The van der Waals surface area contributed by atoms with E-state index in [9.17, 15) is 9.90 Å². The summed E-state index contributed by atoms with van der Waals surface area (Å²) in [6, 6.07) is 0.681. The number of amides is 1. The van der Waals surface area contributed by atoms with Crippen LogP contribution in [0.1, 0.15) is 66.7 Å². The van der Waals surface area contributed by atoms with Gasteiger partial charge < -0.3 is 20.5 Å². The van der Waals surface area contributed by atoms with Crippen molar-refractivity contribution in [1.29, 1.82) is 0 Å². The molecule has 0 radical (unpaired) electrons. The van der Waals surface area contributed by atoms with Crippen molar-refractivity contribution in [1.82, 2.24) is 10.6 Å². The normalized spacial score (nSPS) is 24.1. The SMILES string of the molecule is CC(C)CC(CNC(=O)OC(C)(C)C)NC1CCC(O)CC1. The molecule has 5 nitrogen and oxygen atoms in total. The Hall–Kier alpha value is -0.810.